The van der Waals surface area contributed by atoms with Crippen LogP contribution in [0.5, 0.6) is 0 Å². The SMILES string of the molecule is COC(=O)[C@@H](C#N)c1nc2ccccc2nc1N1CCOCC1. The van der Waals surface area contributed by atoms with Crippen LogP contribution in [-0.4, -0.2) is 49.4 Å². The van der Waals surface area contributed by atoms with Crippen molar-refractivity contribution in [2.45, 2.75) is 5.92 Å². The van der Waals surface area contributed by atoms with E-state index >= 15 is 0 Å². The molecule has 0 saturated carbocycles. The van der Waals surface area contributed by atoms with Gasteiger partial charge in [-0.25, -0.2) is 9.97 Å². The summed E-state index contributed by atoms with van der Waals surface area (Å²) in [4.78, 5) is 23.1. The molecule has 23 heavy (non-hydrogen) atoms. The van der Waals surface area contributed by atoms with Crippen molar-refractivity contribution in [3.8, 4) is 6.07 Å². The Bertz CT molecular complexity index is 765. The molecule has 0 radical (unpaired) electrons. The largest absolute Gasteiger partial charge is 0.468 e. The molecule has 0 bridgehead atoms. The zero-order valence-electron chi connectivity index (χ0n) is 12.7. The lowest BCUT2D eigenvalue weighted by atomic mass is 10.1. The van der Waals surface area contributed by atoms with Gasteiger partial charge in [-0.15, -0.1) is 0 Å². The number of ether oxygens (including phenoxy) is 2. The smallest absolute Gasteiger partial charge is 0.329 e. The summed E-state index contributed by atoms with van der Waals surface area (Å²) in [5.41, 5.74) is 1.70. The van der Waals surface area contributed by atoms with Gasteiger partial charge >= 0.3 is 5.97 Å². The summed E-state index contributed by atoms with van der Waals surface area (Å²) >= 11 is 0. The number of rotatable bonds is 3. The summed E-state index contributed by atoms with van der Waals surface area (Å²) in [6, 6.07) is 9.36. The molecular formula is C16H16N4O3. The molecule has 2 heterocycles. The molecule has 1 aliphatic rings. The average molecular weight is 312 g/mol. The highest BCUT2D eigenvalue weighted by atomic mass is 16.5. The van der Waals surface area contributed by atoms with Crippen molar-refractivity contribution < 1.29 is 14.3 Å². The number of hydrogen-bond acceptors (Lipinski definition) is 7. The lowest BCUT2D eigenvalue weighted by molar-refractivity contribution is -0.141. The average Bonchev–Trinajstić information content (AvgIpc) is 2.62. The van der Waals surface area contributed by atoms with Crippen LogP contribution in [0.2, 0.25) is 0 Å². The van der Waals surface area contributed by atoms with Crippen molar-refractivity contribution in [2.75, 3.05) is 38.3 Å². The number of carbonyl (C=O) groups excluding carboxylic acids is 1. The summed E-state index contributed by atoms with van der Waals surface area (Å²) < 4.78 is 10.1. The predicted octanol–water partition coefficient (Wildman–Crippen LogP) is 1.25. The fraction of sp³-hybridized carbons (Fsp3) is 0.375. The highest BCUT2D eigenvalue weighted by Gasteiger charge is 2.30. The third kappa shape index (κ3) is 2.94. The molecule has 0 amide bonds. The summed E-state index contributed by atoms with van der Waals surface area (Å²) in [5.74, 6) is -1.19. The first-order chi connectivity index (χ1) is 11.2. The summed E-state index contributed by atoms with van der Waals surface area (Å²) in [5, 5.41) is 9.41. The molecule has 7 nitrogen and oxygen atoms in total. The minimum atomic E-state index is -1.10. The lowest BCUT2D eigenvalue weighted by Gasteiger charge is -2.29. The molecule has 1 aliphatic heterocycles. The molecule has 1 aromatic carbocycles. The van der Waals surface area contributed by atoms with E-state index in [2.05, 4.69) is 9.97 Å². The second-order valence-corrected chi connectivity index (χ2v) is 5.11. The van der Waals surface area contributed by atoms with Crippen LogP contribution in [0.3, 0.4) is 0 Å². The van der Waals surface area contributed by atoms with Gasteiger partial charge in [0, 0.05) is 13.1 Å². The minimum absolute atomic E-state index is 0.333. The Hall–Kier alpha value is -2.72. The Labute approximate surface area is 133 Å². The second kappa shape index (κ2) is 6.58. The van der Waals surface area contributed by atoms with Gasteiger partial charge < -0.3 is 14.4 Å². The highest BCUT2D eigenvalue weighted by Crippen LogP contribution is 2.28. The molecule has 0 spiro atoms. The Morgan fingerprint density at radius 2 is 1.96 bits per heavy atom. The Morgan fingerprint density at radius 1 is 1.30 bits per heavy atom. The van der Waals surface area contributed by atoms with Crippen LogP contribution in [0.15, 0.2) is 24.3 Å². The van der Waals surface area contributed by atoms with E-state index in [1.807, 2.05) is 29.2 Å². The van der Waals surface area contributed by atoms with E-state index < -0.39 is 11.9 Å². The number of benzene rings is 1. The number of fused-ring (bicyclic) bond motifs is 1. The minimum Gasteiger partial charge on any atom is -0.468 e. The van der Waals surface area contributed by atoms with E-state index in [-0.39, 0.29) is 0 Å². The van der Waals surface area contributed by atoms with Gasteiger partial charge in [0.15, 0.2) is 11.7 Å². The topological polar surface area (TPSA) is 88.3 Å². The number of anilines is 1. The van der Waals surface area contributed by atoms with E-state index in [9.17, 15) is 10.1 Å². The number of morpholine rings is 1. The second-order valence-electron chi connectivity index (χ2n) is 5.11. The van der Waals surface area contributed by atoms with Crippen molar-refractivity contribution in [2.24, 2.45) is 0 Å². The van der Waals surface area contributed by atoms with Crippen molar-refractivity contribution in [3.05, 3.63) is 30.0 Å². The highest BCUT2D eigenvalue weighted by molar-refractivity contribution is 5.85. The van der Waals surface area contributed by atoms with E-state index in [0.29, 0.717) is 43.3 Å². The standard InChI is InChI=1S/C16H16N4O3/c1-22-16(21)11(10-17)14-15(20-6-8-23-9-7-20)19-13-5-3-2-4-12(13)18-14/h2-5,11H,6-9H2,1H3/t11-/m0/s1. The van der Waals surface area contributed by atoms with Gasteiger partial charge in [-0.05, 0) is 12.1 Å². The molecule has 0 aliphatic carbocycles. The number of methoxy groups -OCH3 is 1. The van der Waals surface area contributed by atoms with E-state index in [1.54, 1.807) is 6.07 Å². The van der Waals surface area contributed by atoms with Crippen LogP contribution in [0.25, 0.3) is 11.0 Å². The molecular weight excluding hydrogens is 296 g/mol. The van der Waals surface area contributed by atoms with Crippen LogP contribution in [0.4, 0.5) is 5.82 Å². The van der Waals surface area contributed by atoms with Gasteiger partial charge in [-0.2, -0.15) is 5.26 Å². The van der Waals surface area contributed by atoms with E-state index in [1.165, 1.54) is 7.11 Å². The molecule has 1 atom stereocenters. The molecule has 7 heteroatoms. The zero-order chi connectivity index (χ0) is 16.2. The molecule has 3 rings (SSSR count). The summed E-state index contributed by atoms with van der Waals surface area (Å²) in [7, 11) is 1.26. The van der Waals surface area contributed by atoms with E-state index in [0.717, 1.165) is 5.52 Å². The van der Waals surface area contributed by atoms with Gasteiger partial charge in [0.2, 0.25) is 0 Å². The summed E-state index contributed by atoms with van der Waals surface area (Å²) in [6.07, 6.45) is 0. The van der Waals surface area contributed by atoms with Gasteiger partial charge in [0.1, 0.15) is 5.69 Å². The van der Waals surface area contributed by atoms with Crippen molar-refractivity contribution in [1.29, 1.82) is 5.26 Å². The van der Waals surface area contributed by atoms with Gasteiger partial charge in [0.25, 0.3) is 0 Å². The number of nitriles is 1. The molecule has 2 aromatic rings. The van der Waals surface area contributed by atoms with Crippen molar-refractivity contribution in [1.82, 2.24) is 9.97 Å². The number of nitrogens with zero attached hydrogens (tertiary/aromatic N) is 4. The first-order valence-corrected chi connectivity index (χ1v) is 7.31. The monoisotopic (exact) mass is 312 g/mol. The van der Waals surface area contributed by atoms with Crippen LogP contribution in [-0.2, 0) is 14.3 Å². The molecule has 1 saturated heterocycles. The van der Waals surface area contributed by atoms with Crippen LogP contribution < -0.4 is 4.90 Å². The molecule has 118 valence electrons. The zero-order valence-corrected chi connectivity index (χ0v) is 12.7. The fourth-order valence-corrected chi connectivity index (χ4v) is 2.55. The number of carbonyl (C=O) groups is 1. The first-order valence-electron chi connectivity index (χ1n) is 7.31. The van der Waals surface area contributed by atoms with Gasteiger partial charge in [0.05, 0.1) is 37.4 Å². The van der Waals surface area contributed by atoms with Crippen LogP contribution in [0, 0.1) is 11.3 Å². The number of hydrogen-bond donors (Lipinski definition) is 0. The number of aromatic nitrogens is 2. The first kappa shape index (κ1) is 15.2. The maximum Gasteiger partial charge on any atom is 0.329 e. The van der Waals surface area contributed by atoms with Crippen molar-refractivity contribution in [3.63, 3.8) is 0 Å². The number of esters is 1. The maximum atomic E-state index is 12.0. The third-order valence-corrected chi connectivity index (χ3v) is 3.73. The molecule has 0 N–H and O–H groups in total. The third-order valence-electron chi connectivity index (χ3n) is 3.73. The Balaban J connectivity index is 2.15. The molecule has 0 unspecified atom stereocenters. The fourth-order valence-electron chi connectivity index (χ4n) is 2.55. The van der Waals surface area contributed by atoms with Crippen LogP contribution >= 0.6 is 0 Å². The van der Waals surface area contributed by atoms with E-state index in [4.69, 9.17) is 9.47 Å². The Kier molecular flexibility index (Phi) is 4.35. The normalized spacial score (nSPS) is 15.9. The predicted molar refractivity (Wildman–Crippen MR) is 82.9 cm³/mol. The summed E-state index contributed by atoms with van der Waals surface area (Å²) in [6.45, 7) is 2.42. The number of para-hydroxylation sites is 2. The lowest BCUT2D eigenvalue weighted by Crippen LogP contribution is -2.38. The molecule has 1 fully saturated rings. The van der Waals surface area contributed by atoms with Crippen LogP contribution in [0.1, 0.15) is 11.6 Å². The Morgan fingerprint density at radius 3 is 2.57 bits per heavy atom. The molecule has 1 aromatic heterocycles. The quantitative estimate of drug-likeness (QED) is 0.788. The van der Waals surface area contributed by atoms with Gasteiger partial charge in [-0.3, -0.25) is 4.79 Å². The van der Waals surface area contributed by atoms with Crippen molar-refractivity contribution >= 4 is 22.8 Å². The maximum absolute atomic E-state index is 12.0. The van der Waals surface area contributed by atoms with Gasteiger partial charge in [-0.1, -0.05) is 12.1 Å².